The van der Waals surface area contributed by atoms with E-state index in [1.165, 1.54) is 5.56 Å². The molecule has 0 N–H and O–H groups in total. The Balaban J connectivity index is 1.59. The SMILES string of the molecule is CC1CC(c2ccccc2)CN1C(=O)COc1ccccc1. The Morgan fingerprint density at radius 1 is 1.09 bits per heavy atom. The van der Waals surface area contributed by atoms with Crippen molar-refractivity contribution in [3.05, 3.63) is 66.2 Å². The summed E-state index contributed by atoms with van der Waals surface area (Å²) in [6, 6.07) is 20.2. The van der Waals surface area contributed by atoms with Crippen LogP contribution in [0.4, 0.5) is 0 Å². The number of hydrogen-bond donors (Lipinski definition) is 0. The summed E-state index contributed by atoms with van der Waals surface area (Å²) in [4.78, 5) is 14.4. The molecule has 0 spiro atoms. The average Bonchev–Trinajstić information content (AvgIpc) is 2.96. The van der Waals surface area contributed by atoms with Crippen LogP contribution in [0, 0.1) is 0 Å². The molecular formula is C19H21NO2. The van der Waals surface area contributed by atoms with E-state index in [1.54, 1.807) is 0 Å². The highest BCUT2D eigenvalue weighted by molar-refractivity contribution is 5.78. The molecule has 2 aromatic rings. The van der Waals surface area contributed by atoms with Gasteiger partial charge in [0.15, 0.2) is 6.61 Å². The number of carbonyl (C=O) groups excluding carboxylic acids is 1. The molecule has 1 saturated heterocycles. The fraction of sp³-hybridized carbons (Fsp3) is 0.316. The van der Waals surface area contributed by atoms with E-state index in [1.807, 2.05) is 41.3 Å². The number of likely N-dealkylation sites (tertiary alicyclic amines) is 1. The van der Waals surface area contributed by atoms with Gasteiger partial charge in [0.1, 0.15) is 5.75 Å². The topological polar surface area (TPSA) is 29.5 Å². The molecule has 3 nitrogen and oxygen atoms in total. The fourth-order valence-electron chi connectivity index (χ4n) is 3.09. The van der Waals surface area contributed by atoms with Gasteiger partial charge in [0.25, 0.3) is 5.91 Å². The second kappa shape index (κ2) is 6.65. The molecule has 0 aromatic heterocycles. The maximum atomic E-state index is 12.4. The Morgan fingerprint density at radius 3 is 2.41 bits per heavy atom. The third-order valence-electron chi connectivity index (χ3n) is 4.27. The highest BCUT2D eigenvalue weighted by Gasteiger charge is 2.33. The lowest BCUT2D eigenvalue weighted by atomic mass is 9.97. The Morgan fingerprint density at radius 2 is 1.73 bits per heavy atom. The minimum absolute atomic E-state index is 0.0646. The zero-order valence-corrected chi connectivity index (χ0v) is 12.8. The van der Waals surface area contributed by atoms with Gasteiger partial charge in [-0.2, -0.15) is 0 Å². The number of para-hydroxylation sites is 1. The van der Waals surface area contributed by atoms with Gasteiger partial charge in [0.2, 0.25) is 0 Å². The van der Waals surface area contributed by atoms with Crippen LogP contribution in [0.15, 0.2) is 60.7 Å². The summed E-state index contributed by atoms with van der Waals surface area (Å²) in [5.74, 6) is 1.23. The van der Waals surface area contributed by atoms with Gasteiger partial charge in [-0.3, -0.25) is 4.79 Å². The molecule has 3 rings (SSSR count). The van der Waals surface area contributed by atoms with E-state index >= 15 is 0 Å². The highest BCUT2D eigenvalue weighted by Crippen LogP contribution is 2.31. The van der Waals surface area contributed by atoms with Gasteiger partial charge < -0.3 is 9.64 Å². The summed E-state index contributed by atoms with van der Waals surface area (Å²) in [5.41, 5.74) is 1.31. The molecule has 0 saturated carbocycles. The molecule has 2 atom stereocenters. The van der Waals surface area contributed by atoms with Crippen molar-refractivity contribution in [2.24, 2.45) is 0 Å². The van der Waals surface area contributed by atoms with Crippen molar-refractivity contribution < 1.29 is 9.53 Å². The Hall–Kier alpha value is -2.29. The van der Waals surface area contributed by atoms with Crippen LogP contribution < -0.4 is 4.74 Å². The van der Waals surface area contributed by atoms with Crippen molar-refractivity contribution in [2.45, 2.75) is 25.3 Å². The van der Waals surface area contributed by atoms with E-state index in [-0.39, 0.29) is 18.6 Å². The number of rotatable bonds is 4. The maximum absolute atomic E-state index is 12.4. The molecule has 114 valence electrons. The van der Waals surface area contributed by atoms with Gasteiger partial charge in [0.05, 0.1) is 0 Å². The maximum Gasteiger partial charge on any atom is 0.260 e. The first-order chi connectivity index (χ1) is 10.7. The molecule has 0 radical (unpaired) electrons. The molecule has 1 aliphatic rings. The first kappa shape index (κ1) is 14.6. The highest BCUT2D eigenvalue weighted by atomic mass is 16.5. The van der Waals surface area contributed by atoms with Gasteiger partial charge in [-0.1, -0.05) is 48.5 Å². The number of amides is 1. The monoisotopic (exact) mass is 295 g/mol. The summed E-state index contributed by atoms with van der Waals surface area (Å²) in [6.45, 7) is 3.00. The van der Waals surface area contributed by atoms with Crippen LogP contribution in [0.3, 0.4) is 0 Å². The van der Waals surface area contributed by atoms with Crippen molar-refractivity contribution >= 4 is 5.91 Å². The predicted molar refractivity (Wildman–Crippen MR) is 86.9 cm³/mol. The molecule has 1 fully saturated rings. The number of hydrogen-bond acceptors (Lipinski definition) is 2. The molecule has 0 aliphatic carbocycles. The van der Waals surface area contributed by atoms with Crippen molar-refractivity contribution in [3.63, 3.8) is 0 Å². The molecule has 2 unspecified atom stereocenters. The quantitative estimate of drug-likeness (QED) is 0.864. The van der Waals surface area contributed by atoms with E-state index in [0.29, 0.717) is 5.92 Å². The van der Waals surface area contributed by atoms with Crippen molar-refractivity contribution in [3.8, 4) is 5.75 Å². The second-order valence-corrected chi connectivity index (χ2v) is 5.84. The summed E-state index contributed by atoms with van der Waals surface area (Å²) < 4.78 is 5.58. The third-order valence-corrected chi connectivity index (χ3v) is 4.27. The summed E-state index contributed by atoms with van der Waals surface area (Å²) >= 11 is 0. The number of ether oxygens (including phenoxy) is 1. The summed E-state index contributed by atoms with van der Waals surface area (Å²) in [6.07, 6.45) is 1.01. The summed E-state index contributed by atoms with van der Waals surface area (Å²) in [7, 11) is 0. The van der Waals surface area contributed by atoms with Crippen LogP contribution in [0.25, 0.3) is 0 Å². The lowest BCUT2D eigenvalue weighted by molar-refractivity contribution is -0.133. The van der Waals surface area contributed by atoms with E-state index in [0.717, 1.165) is 18.7 Å². The molecular weight excluding hydrogens is 274 g/mol. The largest absolute Gasteiger partial charge is 0.484 e. The van der Waals surface area contributed by atoms with Gasteiger partial charge >= 0.3 is 0 Å². The molecule has 1 amide bonds. The molecule has 3 heteroatoms. The lowest BCUT2D eigenvalue weighted by Gasteiger charge is -2.21. The lowest BCUT2D eigenvalue weighted by Crippen LogP contribution is -2.37. The van der Waals surface area contributed by atoms with Crippen LogP contribution in [0.5, 0.6) is 5.75 Å². The van der Waals surface area contributed by atoms with E-state index in [4.69, 9.17) is 4.74 Å². The van der Waals surface area contributed by atoms with Crippen molar-refractivity contribution in [2.75, 3.05) is 13.2 Å². The predicted octanol–water partition coefficient (Wildman–Crippen LogP) is 3.47. The third kappa shape index (κ3) is 3.30. The van der Waals surface area contributed by atoms with E-state index in [2.05, 4.69) is 31.2 Å². The number of carbonyl (C=O) groups is 1. The van der Waals surface area contributed by atoms with Crippen LogP contribution in [0.1, 0.15) is 24.8 Å². The summed E-state index contributed by atoms with van der Waals surface area (Å²) in [5, 5.41) is 0. The Kier molecular flexibility index (Phi) is 4.42. The normalized spacial score (nSPS) is 20.9. The van der Waals surface area contributed by atoms with Crippen molar-refractivity contribution in [1.82, 2.24) is 4.90 Å². The number of benzene rings is 2. The van der Waals surface area contributed by atoms with Crippen LogP contribution >= 0.6 is 0 Å². The average molecular weight is 295 g/mol. The molecule has 22 heavy (non-hydrogen) atoms. The van der Waals surface area contributed by atoms with Crippen LogP contribution in [0.2, 0.25) is 0 Å². The van der Waals surface area contributed by atoms with Gasteiger partial charge in [-0.15, -0.1) is 0 Å². The minimum Gasteiger partial charge on any atom is -0.484 e. The molecule has 0 bridgehead atoms. The van der Waals surface area contributed by atoms with E-state index < -0.39 is 0 Å². The van der Waals surface area contributed by atoms with Gasteiger partial charge in [0, 0.05) is 18.5 Å². The van der Waals surface area contributed by atoms with Gasteiger partial charge in [-0.25, -0.2) is 0 Å². The van der Waals surface area contributed by atoms with Crippen molar-refractivity contribution in [1.29, 1.82) is 0 Å². The zero-order valence-electron chi connectivity index (χ0n) is 12.8. The smallest absolute Gasteiger partial charge is 0.260 e. The Labute approximate surface area is 131 Å². The van der Waals surface area contributed by atoms with Crippen LogP contribution in [-0.2, 0) is 4.79 Å². The first-order valence-corrected chi connectivity index (χ1v) is 7.76. The molecule has 1 heterocycles. The first-order valence-electron chi connectivity index (χ1n) is 7.76. The molecule has 2 aromatic carbocycles. The minimum atomic E-state index is 0.0646. The fourth-order valence-corrected chi connectivity index (χ4v) is 3.09. The van der Waals surface area contributed by atoms with E-state index in [9.17, 15) is 4.79 Å². The van der Waals surface area contributed by atoms with Crippen LogP contribution in [-0.4, -0.2) is 30.0 Å². The second-order valence-electron chi connectivity index (χ2n) is 5.84. The standard InChI is InChI=1S/C19H21NO2/c1-15-12-17(16-8-4-2-5-9-16)13-20(15)19(21)14-22-18-10-6-3-7-11-18/h2-11,15,17H,12-14H2,1H3. The zero-order chi connectivity index (χ0) is 15.4. The Bertz CT molecular complexity index is 612. The van der Waals surface area contributed by atoms with Gasteiger partial charge in [-0.05, 0) is 31.0 Å². The number of nitrogens with zero attached hydrogens (tertiary/aromatic N) is 1. The molecule has 1 aliphatic heterocycles.